The Morgan fingerprint density at radius 2 is 1.86 bits per heavy atom. The lowest BCUT2D eigenvalue weighted by atomic mass is 9.76. The highest BCUT2D eigenvalue weighted by Crippen LogP contribution is 2.50. The van der Waals surface area contributed by atoms with E-state index in [9.17, 15) is 4.79 Å². The Bertz CT molecular complexity index is 1250. The average Bonchev–Trinajstić information content (AvgIpc) is 3.41. The quantitative estimate of drug-likeness (QED) is 0.276. The summed E-state index contributed by atoms with van der Waals surface area (Å²) in [4.78, 5) is 12.2. The van der Waals surface area contributed by atoms with Crippen LogP contribution in [0.1, 0.15) is 42.0 Å². The first-order chi connectivity index (χ1) is 17.1. The first-order valence-corrected chi connectivity index (χ1v) is 11.8. The van der Waals surface area contributed by atoms with Crippen LogP contribution in [0.5, 0.6) is 11.5 Å². The molecule has 0 fully saturated rings. The minimum atomic E-state index is -0.297. The second kappa shape index (κ2) is 10.1. The predicted molar refractivity (Wildman–Crippen MR) is 138 cm³/mol. The minimum absolute atomic E-state index is 0.0871. The number of para-hydroxylation sites is 1. The monoisotopic (exact) mass is 467 g/mol. The Morgan fingerprint density at radius 3 is 2.63 bits per heavy atom. The number of ether oxygens (including phenoxy) is 2. The van der Waals surface area contributed by atoms with Crippen LogP contribution in [-0.4, -0.2) is 25.3 Å². The molecule has 0 saturated heterocycles. The molecule has 5 rings (SSSR count). The van der Waals surface area contributed by atoms with Gasteiger partial charge in [-0.1, -0.05) is 48.6 Å². The highest BCUT2D eigenvalue weighted by atomic mass is 16.5. The SMILES string of the molecule is COc1ccc([C@@H]2Nc3ccc(/C(C)=N\NC(=O)COc4ccccc4)cc3[C@@H]3C=CC[C@@H]32)cc1. The topological polar surface area (TPSA) is 72.0 Å². The number of carbonyl (C=O) groups is 1. The van der Waals surface area contributed by atoms with Gasteiger partial charge in [0.25, 0.3) is 5.91 Å². The number of benzene rings is 3. The van der Waals surface area contributed by atoms with Crippen molar-refractivity contribution in [1.82, 2.24) is 5.43 Å². The molecule has 0 saturated carbocycles. The Kier molecular flexibility index (Phi) is 6.53. The Labute approximate surface area is 205 Å². The first-order valence-electron chi connectivity index (χ1n) is 11.8. The highest BCUT2D eigenvalue weighted by molar-refractivity contribution is 6.00. The van der Waals surface area contributed by atoms with Crippen LogP contribution < -0.4 is 20.2 Å². The summed E-state index contributed by atoms with van der Waals surface area (Å²) in [5, 5.41) is 8.07. The number of nitrogens with zero attached hydrogens (tertiary/aromatic N) is 1. The first kappa shape index (κ1) is 22.7. The van der Waals surface area contributed by atoms with Gasteiger partial charge in [-0.05, 0) is 72.4 Å². The number of carbonyl (C=O) groups excluding carboxylic acids is 1. The zero-order valence-corrected chi connectivity index (χ0v) is 19.9. The molecule has 178 valence electrons. The molecule has 1 amide bonds. The van der Waals surface area contributed by atoms with Crippen LogP contribution in [0.3, 0.4) is 0 Å². The van der Waals surface area contributed by atoms with Crippen molar-refractivity contribution in [2.24, 2.45) is 11.0 Å². The van der Waals surface area contributed by atoms with E-state index in [4.69, 9.17) is 9.47 Å². The van der Waals surface area contributed by atoms with Gasteiger partial charge in [0.05, 0.1) is 18.9 Å². The van der Waals surface area contributed by atoms with Gasteiger partial charge in [-0.2, -0.15) is 5.10 Å². The number of allylic oxidation sites excluding steroid dienone is 2. The zero-order valence-electron chi connectivity index (χ0n) is 19.9. The molecule has 6 heteroatoms. The molecule has 0 radical (unpaired) electrons. The molecule has 0 unspecified atom stereocenters. The summed E-state index contributed by atoms with van der Waals surface area (Å²) in [6, 6.07) is 24.2. The van der Waals surface area contributed by atoms with Gasteiger partial charge in [0.1, 0.15) is 11.5 Å². The van der Waals surface area contributed by atoms with Crippen molar-refractivity contribution in [2.45, 2.75) is 25.3 Å². The number of fused-ring (bicyclic) bond motifs is 3. The summed E-state index contributed by atoms with van der Waals surface area (Å²) < 4.78 is 10.8. The lowest BCUT2D eigenvalue weighted by Crippen LogP contribution is -2.29. The maximum absolute atomic E-state index is 12.2. The van der Waals surface area contributed by atoms with Gasteiger partial charge < -0.3 is 14.8 Å². The molecule has 1 heterocycles. The standard InChI is InChI=1S/C29H29N3O3/c1-19(31-32-28(33)18-35-23-7-4-3-5-8-23)21-13-16-27-26(17-21)24-9-6-10-25(24)29(30-27)20-11-14-22(34-2)15-12-20/h3-9,11-17,24-25,29-30H,10,18H2,1-2H3,(H,32,33)/b31-19-/t24-,25+,29+/m1/s1. The Hall–Kier alpha value is -4.06. The summed E-state index contributed by atoms with van der Waals surface area (Å²) >= 11 is 0. The molecular formula is C29H29N3O3. The van der Waals surface area contributed by atoms with Crippen LogP contribution in [0.25, 0.3) is 0 Å². The smallest absolute Gasteiger partial charge is 0.277 e. The molecule has 6 nitrogen and oxygen atoms in total. The van der Waals surface area contributed by atoms with E-state index in [-0.39, 0.29) is 18.6 Å². The normalized spacial score (nSPS) is 20.4. The maximum Gasteiger partial charge on any atom is 0.277 e. The van der Waals surface area contributed by atoms with Gasteiger partial charge in [0.15, 0.2) is 6.61 Å². The summed E-state index contributed by atoms with van der Waals surface area (Å²) in [5.41, 5.74) is 7.99. The highest BCUT2D eigenvalue weighted by Gasteiger charge is 2.38. The molecule has 2 aliphatic rings. The van der Waals surface area contributed by atoms with Crippen molar-refractivity contribution >= 4 is 17.3 Å². The second-order valence-corrected chi connectivity index (χ2v) is 8.88. The fourth-order valence-corrected chi connectivity index (χ4v) is 4.87. The third kappa shape index (κ3) is 4.92. The van der Waals surface area contributed by atoms with E-state index >= 15 is 0 Å². The summed E-state index contributed by atoms with van der Waals surface area (Å²) in [7, 11) is 1.69. The number of hydrogen-bond donors (Lipinski definition) is 2. The van der Waals surface area contributed by atoms with Crippen LogP contribution in [0.4, 0.5) is 5.69 Å². The lowest BCUT2D eigenvalue weighted by molar-refractivity contribution is -0.123. The number of nitrogens with one attached hydrogen (secondary N) is 2. The van der Waals surface area contributed by atoms with Crippen LogP contribution >= 0.6 is 0 Å². The Morgan fingerprint density at radius 1 is 1.06 bits per heavy atom. The van der Waals surface area contributed by atoms with Crippen LogP contribution in [0, 0.1) is 5.92 Å². The van der Waals surface area contributed by atoms with Crippen molar-refractivity contribution in [3.63, 3.8) is 0 Å². The van der Waals surface area contributed by atoms with Crippen molar-refractivity contribution in [3.05, 3.63) is 102 Å². The average molecular weight is 468 g/mol. The molecule has 3 aromatic carbocycles. The molecule has 1 aliphatic carbocycles. The fourth-order valence-electron chi connectivity index (χ4n) is 4.87. The molecule has 0 spiro atoms. The summed E-state index contributed by atoms with van der Waals surface area (Å²) in [6.45, 7) is 1.81. The molecular weight excluding hydrogens is 438 g/mol. The fraction of sp³-hybridized carbons (Fsp3) is 0.241. The lowest BCUT2D eigenvalue weighted by Gasteiger charge is -2.37. The van der Waals surface area contributed by atoms with Crippen LogP contribution in [0.2, 0.25) is 0 Å². The largest absolute Gasteiger partial charge is 0.497 e. The molecule has 1 aliphatic heterocycles. The van der Waals surface area contributed by atoms with E-state index < -0.39 is 0 Å². The number of anilines is 1. The molecule has 35 heavy (non-hydrogen) atoms. The summed E-state index contributed by atoms with van der Waals surface area (Å²) in [5.74, 6) is 1.99. The van der Waals surface area contributed by atoms with Gasteiger partial charge in [-0.15, -0.1) is 0 Å². The van der Waals surface area contributed by atoms with Crippen LogP contribution in [0.15, 0.2) is 90.0 Å². The summed E-state index contributed by atoms with van der Waals surface area (Å²) in [6.07, 6.45) is 5.63. The van der Waals surface area contributed by atoms with E-state index in [0.29, 0.717) is 17.6 Å². The van der Waals surface area contributed by atoms with Crippen LogP contribution in [-0.2, 0) is 4.79 Å². The predicted octanol–water partition coefficient (Wildman–Crippen LogP) is 5.44. The number of amides is 1. The van der Waals surface area contributed by atoms with E-state index in [2.05, 4.69) is 52.3 Å². The van der Waals surface area contributed by atoms with Crippen molar-refractivity contribution in [3.8, 4) is 11.5 Å². The Balaban J connectivity index is 1.29. The molecule has 2 N–H and O–H groups in total. The van der Waals surface area contributed by atoms with Crippen molar-refractivity contribution in [2.75, 3.05) is 19.0 Å². The van der Waals surface area contributed by atoms with E-state index in [1.54, 1.807) is 7.11 Å². The number of hydrazone groups is 1. The molecule has 3 aromatic rings. The van der Waals surface area contributed by atoms with Gasteiger partial charge in [-0.25, -0.2) is 5.43 Å². The van der Waals surface area contributed by atoms with Crippen molar-refractivity contribution < 1.29 is 14.3 Å². The zero-order chi connectivity index (χ0) is 24.2. The third-order valence-electron chi connectivity index (χ3n) is 6.72. The number of methoxy groups -OCH3 is 1. The van der Waals surface area contributed by atoms with Gasteiger partial charge >= 0.3 is 0 Å². The van der Waals surface area contributed by atoms with E-state index in [1.165, 1.54) is 11.1 Å². The van der Waals surface area contributed by atoms with Gasteiger partial charge in [0.2, 0.25) is 0 Å². The molecule has 0 aromatic heterocycles. The number of rotatable bonds is 7. The molecule has 0 bridgehead atoms. The molecule has 3 atom stereocenters. The maximum atomic E-state index is 12.2. The second-order valence-electron chi connectivity index (χ2n) is 8.88. The number of hydrogen-bond acceptors (Lipinski definition) is 5. The van der Waals surface area contributed by atoms with Gasteiger partial charge in [-0.3, -0.25) is 4.79 Å². The van der Waals surface area contributed by atoms with Gasteiger partial charge in [0, 0.05) is 11.6 Å². The third-order valence-corrected chi connectivity index (χ3v) is 6.72. The van der Waals surface area contributed by atoms with E-state index in [1.807, 2.05) is 55.5 Å². The van der Waals surface area contributed by atoms with E-state index in [0.717, 1.165) is 29.1 Å². The minimum Gasteiger partial charge on any atom is -0.497 e. The van der Waals surface area contributed by atoms with Crippen molar-refractivity contribution in [1.29, 1.82) is 0 Å².